The van der Waals surface area contributed by atoms with E-state index in [-0.39, 0.29) is 5.57 Å². The molecule has 0 aromatic heterocycles. The molecule has 0 saturated heterocycles. The molecule has 15 heavy (non-hydrogen) atoms. The number of nitrogens with zero attached hydrogens (tertiary/aromatic N) is 2. The van der Waals surface area contributed by atoms with E-state index in [4.69, 9.17) is 22.1 Å². The van der Waals surface area contributed by atoms with Crippen LogP contribution in [0.3, 0.4) is 0 Å². The largest absolute Gasteiger partial charge is 0.192 e. The number of aryl methyl sites for hydroxylation is 2. The van der Waals surface area contributed by atoms with Crippen LogP contribution in [0.2, 0.25) is 5.02 Å². The first-order chi connectivity index (χ1) is 7.08. The molecule has 0 unspecified atom stereocenters. The molecule has 0 radical (unpaired) electrons. The molecule has 0 aliphatic carbocycles. The lowest BCUT2D eigenvalue weighted by atomic mass is 10.1. The van der Waals surface area contributed by atoms with E-state index < -0.39 is 0 Å². The number of halogens is 1. The van der Waals surface area contributed by atoms with E-state index in [2.05, 4.69) is 0 Å². The highest BCUT2D eigenvalue weighted by Gasteiger charge is 2.03. The summed E-state index contributed by atoms with van der Waals surface area (Å²) in [6, 6.07) is 7.42. The molecular weight excluding hydrogens is 208 g/mol. The maximum atomic E-state index is 8.63. The molecule has 74 valence electrons. The minimum absolute atomic E-state index is 0.0573. The molecule has 1 rings (SSSR count). The third-order valence-corrected chi connectivity index (χ3v) is 2.48. The Bertz CT molecular complexity index is 486. The van der Waals surface area contributed by atoms with Gasteiger partial charge in [0.15, 0.2) is 0 Å². The Hall–Kier alpha value is -1.77. The molecule has 0 spiro atoms. The van der Waals surface area contributed by atoms with Crippen LogP contribution in [-0.4, -0.2) is 0 Å². The molecule has 0 amide bonds. The molecule has 0 aliphatic heterocycles. The van der Waals surface area contributed by atoms with Crippen LogP contribution >= 0.6 is 11.6 Å². The number of hydrogen-bond acceptors (Lipinski definition) is 2. The highest BCUT2D eigenvalue weighted by molar-refractivity contribution is 6.32. The molecule has 1 aromatic rings. The quantitative estimate of drug-likeness (QED) is 0.676. The molecule has 0 N–H and O–H groups in total. The molecular formula is C12H9ClN2. The van der Waals surface area contributed by atoms with Gasteiger partial charge in [-0.15, -0.1) is 0 Å². The summed E-state index contributed by atoms with van der Waals surface area (Å²) in [7, 11) is 0. The van der Waals surface area contributed by atoms with Crippen molar-refractivity contribution in [2.45, 2.75) is 13.8 Å². The van der Waals surface area contributed by atoms with E-state index in [1.807, 2.05) is 38.1 Å². The number of benzene rings is 1. The fourth-order valence-corrected chi connectivity index (χ4v) is 1.50. The maximum Gasteiger partial charge on any atom is 0.130 e. The third kappa shape index (κ3) is 2.59. The van der Waals surface area contributed by atoms with Crippen LogP contribution in [0, 0.1) is 36.5 Å². The first-order valence-electron chi connectivity index (χ1n) is 4.37. The van der Waals surface area contributed by atoms with Crippen molar-refractivity contribution < 1.29 is 0 Å². The molecule has 0 aliphatic rings. The summed E-state index contributed by atoms with van der Waals surface area (Å²) in [5.74, 6) is 0. The Labute approximate surface area is 94.0 Å². The van der Waals surface area contributed by atoms with Crippen LogP contribution in [-0.2, 0) is 0 Å². The monoisotopic (exact) mass is 216 g/mol. The minimum Gasteiger partial charge on any atom is -0.192 e. The Balaban J connectivity index is 3.35. The maximum absolute atomic E-state index is 8.63. The lowest BCUT2D eigenvalue weighted by Crippen LogP contribution is -1.85. The van der Waals surface area contributed by atoms with Crippen molar-refractivity contribution in [1.29, 1.82) is 10.5 Å². The Kier molecular flexibility index (Phi) is 3.50. The van der Waals surface area contributed by atoms with Crippen LogP contribution in [0.15, 0.2) is 17.7 Å². The second-order valence-corrected chi connectivity index (χ2v) is 3.64. The first kappa shape index (κ1) is 11.3. The molecule has 0 atom stereocenters. The van der Waals surface area contributed by atoms with Gasteiger partial charge in [0.1, 0.15) is 17.7 Å². The molecule has 0 heterocycles. The topological polar surface area (TPSA) is 47.6 Å². The van der Waals surface area contributed by atoms with Crippen LogP contribution in [0.5, 0.6) is 0 Å². The predicted molar refractivity (Wildman–Crippen MR) is 60.1 cm³/mol. The smallest absolute Gasteiger partial charge is 0.130 e. The van der Waals surface area contributed by atoms with Crippen LogP contribution in [0.1, 0.15) is 16.7 Å². The van der Waals surface area contributed by atoms with E-state index in [9.17, 15) is 0 Å². The predicted octanol–water partition coefficient (Wildman–Crippen LogP) is 3.39. The summed E-state index contributed by atoms with van der Waals surface area (Å²) >= 11 is 6.06. The van der Waals surface area contributed by atoms with Gasteiger partial charge in [0.2, 0.25) is 0 Å². The number of nitriles is 2. The SMILES string of the molecule is Cc1cc(C)c(Cl)c(C=C(C#N)C#N)c1. The van der Waals surface area contributed by atoms with E-state index in [0.717, 1.165) is 11.1 Å². The standard InChI is InChI=1S/C12H9ClN2/c1-8-3-9(2)12(13)11(4-8)5-10(6-14)7-15/h3-5H,1-2H3. The van der Waals surface area contributed by atoms with Crippen LogP contribution < -0.4 is 0 Å². The van der Waals surface area contributed by atoms with Gasteiger partial charge in [0.25, 0.3) is 0 Å². The van der Waals surface area contributed by atoms with E-state index in [1.165, 1.54) is 6.08 Å². The average Bonchev–Trinajstić information content (AvgIpc) is 2.21. The van der Waals surface area contributed by atoms with Crippen molar-refractivity contribution in [2.75, 3.05) is 0 Å². The second kappa shape index (κ2) is 4.64. The van der Waals surface area contributed by atoms with Gasteiger partial charge in [0, 0.05) is 0 Å². The zero-order valence-corrected chi connectivity index (χ0v) is 9.26. The van der Waals surface area contributed by atoms with Crippen molar-refractivity contribution in [3.05, 3.63) is 39.4 Å². The van der Waals surface area contributed by atoms with Crippen LogP contribution in [0.25, 0.3) is 6.08 Å². The summed E-state index contributed by atoms with van der Waals surface area (Å²) in [5.41, 5.74) is 2.77. The van der Waals surface area contributed by atoms with Gasteiger partial charge in [-0.3, -0.25) is 0 Å². The molecule has 0 saturated carbocycles. The van der Waals surface area contributed by atoms with Gasteiger partial charge in [-0.1, -0.05) is 29.3 Å². The zero-order chi connectivity index (χ0) is 11.4. The Morgan fingerprint density at radius 3 is 2.40 bits per heavy atom. The van der Waals surface area contributed by atoms with Gasteiger partial charge in [-0.05, 0) is 31.1 Å². The number of allylic oxidation sites excluding steroid dienone is 1. The van der Waals surface area contributed by atoms with Gasteiger partial charge in [-0.25, -0.2) is 0 Å². The summed E-state index contributed by atoms with van der Waals surface area (Å²) in [5, 5.41) is 17.9. The fraction of sp³-hybridized carbons (Fsp3) is 0.167. The van der Waals surface area contributed by atoms with Crippen molar-refractivity contribution in [1.82, 2.24) is 0 Å². The van der Waals surface area contributed by atoms with Gasteiger partial charge in [-0.2, -0.15) is 10.5 Å². The Morgan fingerprint density at radius 2 is 1.87 bits per heavy atom. The number of hydrogen-bond donors (Lipinski definition) is 0. The highest BCUT2D eigenvalue weighted by atomic mass is 35.5. The van der Waals surface area contributed by atoms with Gasteiger partial charge >= 0.3 is 0 Å². The second-order valence-electron chi connectivity index (χ2n) is 3.27. The van der Waals surface area contributed by atoms with E-state index in [1.54, 1.807) is 0 Å². The lowest BCUT2D eigenvalue weighted by Gasteiger charge is -2.04. The van der Waals surface area contributed by atoms with Crippen LogP contribution in [0.4, 0.5) is 0 Å². The molecule has 2 nitrogen and oxygen atoms in total. The average molecular weight is 217 g/mol. The number of rotatable bonds is 1. The molecule has 0 fully saturated rings. The first-order valence-corrected chi connectivity index (χ1v) is 4.75. The van der Waals surface area contributed by atoms with Crippen molar-refractivity contribution in [2.24, 2.45) is 0 Å². The van der Waals surface area contributed by atoms with Gasteiger partial charge in [0.05, 0.1) is 5.02 Å². The summed E-state index contributed by atoms with van der Waals surface area (Å²) in [6.07, 6.45) is 1.50. The molecule has 3 heteroatoms. The van der Waals surface area contributed by atoms with Crippen molar-refractivity contribution in [3.63, 3.8) is 0 Å². The fourth-order valence-electron chi connectivity index (χ4n) is 1.33. The third-order valence-electron chi connectivity index (χ3n) is 1.97. The van der Waals surface area contributed by atoms with Crippen molar-refractivity contribution in [3.8, 4) is 12.1 Å². The van der Waals surface area contributed by atoms with Crippen molar-refractivity contribution >= 4 is 17.7 Å². The molecule has 1 aromatic carbocycles. The van der Waals surface area contributed by atoms with E-state index >= 15 is 0 Å². The summed E-state index contributed by atoms with van der Waals surface area (Å²) < 4.78 is 0. The minimum atomic E-state index is 0.0573. The summed E-state index contributed by atoms with van der Waals surface area (Å²) in [6.45, 7) is 3.84. The van der Waals surface area contributed by atoms with E-state index in [0.29, 0.717) is 10.6 Å². The normalized spacial score (nSPS) is 8.87. The summed E-state index contributed by atoms with van der Waals surface area (Å²) in [4.78, 5) is 0. The lowest BCUT2D eigenvalue weighted by molar-refractivity contribution is 1.37. The zero-order valence-electron chi connectivity index (χ0n) is 8.50. The highest BCUT2D eigenvalue weighted by Crippen LogP contribution is 2.24. The Morgan fingerprint density at radius 1 is 1.27 bits per heavy atom. The van der Waals surface area contributed by atoms with Gasteiger partial charge < -0.3 is 0 Å². The molecule has 0 bridgehead atoms.